The van der Waals surface area contributed by atoms with E-state index in [1.54, 1.807) is 12.3 Å². The molecule has 0 saturated carbocycles. The minimum Gasteiger partial charge on any atom is -0.365 e. The number of nitrogens with one attached hydrogen (secondary N) is 1. The van der Waals surface area contributed by atoms with Gasteiger partial charge in [0.05, 0.1) is 5.56 Å². The average Bonchev–Trinajstić information content (AvgIpc) is 2.39. The van der Waals surface area contributed by atoms with E-state index in [0.29, 0.717) is 22.9 Å². The molecule has 2 rings (SSSR count). The van der Waals surface area contributed by atoms with E-state index in [0.717, 1.165) is 10.0 Å². The van der Waals surface area contributed by atoms with Crippen molar-refractivity contribution in [1.82, 2.24) is 4.98 Å². The molecule has 0 spiro atoms. The molecule has 1 heterocycles. The van der Waals surface area contributed by atoms with Crippen LogP contribution in [0.5, 0.6) is 0 Å². The standard InChI is InChI=1S/C13H9BrClN3/c14-11-3-1-9(2-4-11)8-18-13-12(15)10(7-16)5-6-17-13/h1-6H,8H2,(H,17,18). The van der Waals surface area contributed by atoms with Gasteiger partial charge in [-0.1, -0.05) is 39.7 Å². The van der Waals surface area contributed by atoms with Crippen LogP contribution in [0.3, 0.4) is 0 Å². The van der Waals surface area contributed by atoms with Gasteiger partial charge in [-0.2, -0.15) is 5.26 Å². The summed E-state index contributed by atoms with van der Waals surface area (Å²) in [5.74, 6) is 0.527. The highest BCUT2D eigenvalue weighted by Crippen LogP contribution is 2.23. The SMILES string of the molecule is N#Cc1ccnc(NCc2ccc(Br)cc2)c1Cl. The third kappa shape index (κ3) is 3.00. The van der Waals surface area contributed by atoms with Crippen LogP contribution in [0.25, 0.3) is 0 Å². The highest BCUT2D eigenvalue weighted by Gasteiger charge is 2.06. The second kappa shape index (κ2) is 5.85. The predicted octanol–water partition coefficient (Wildman–Crippen LogP) is 3.98. The van der Waals surface area contributed by atoms with Crippen LogP contribution < -0.4 is 5.32 Å². The van der Waals surface area contributed by atoms with Crippen LogP contribution in [-0.4, -0.2) is 4.98 Å². The van der Waals surface area contributed by atoms with Gasteiger partial charge in [0.25, 0.3) is 0 Å². The first-order chi connectivity index (χ1) is 8.70. The van der Waals surface area contributed by atoms with Crippen LogP contribution in [-0.2, 0) is 6.54 Å². The summed E-state index contributed by atoms with van der Waals surface area (Å²) in [5.41, 5.74) is 1.53. The van der Waals surface area contributed by atoms with Crippen molar-refractivity contribution < 1.29 is 0 Å². The summed E-state index contributed by atoms with van der Waals surface area (Å²) in [6.07, 6.45) is 1.56. The van der Waals surface area contributed by atoms with Gasteiger partial charge in [0.15, 0.2) is 0 Å². The molecule has 0 aliphatic carbocycles. The van der Waals surface area contributed by atoms with Crippen LogP contribution in [0.15, 0.2) is 41.0 Å². The van der Waals surface area contributed by atoms with Crippen LogP contribution in [0, 0.1) is 11.3 Å². The maximum absolute atomic E-state index is 8.86. The maximum atomic E-state index is 8.86. The average molecular weight is 323 g/mol. The molecule has 0 amide bonds. The number of nitriles is 1. The molecule has 0 saturated heterocycles. The van der Waals surface area contributed by atoms with Gasteiger partial charge in [-0.05, 0) is 23.8 Å². The first-order valence-corrected chi connectivity index (χ1v) is 6.40. The number of benzene rings is 1. The van der Waals surface area contributed by atoms with E-state index in [1.165, 1.54) is 0 Å². The number of pyridine rings is 1. The third-order valence-electron chi connectivity index (χ3n) is 2.38. The van der Waals surface area contributed by atoms with Crippen LogP contribution >= 0.6 is 27.5 Å². The van der Waals surface area contributed by atoms with Crippen LogP contribution in [0.2, 0.25) is 5.02 Å². The number of rotatable bonds is 3. The van der Waals surface area contributed by atoms with Crippen molar-refractivity contribution in [1.29, 1.82) is 5.26 Å². The van der Waals surface area contributed by atoms with E-state index in [2.05, 4.69) is 26.2 Å². The molecular weight excluding hydrogens is 314 g/mol. The molecule has 0 aliphatic heterocycles. The number of aromatic nitrogens is 1. The minimum atomic E-state index is 0.358. The Labute approximate surface area is 119 Å². The molecule has 5 heteroatoms. The molecule has 2 aromatic rings. The minimum absolute atomic E-state index is 0.358. The van der Waals surface area contributed by atoms with Crippen molar-refractivity contribution >= 4 is 33.3 Å². The molecule has 1 N–H and O–H groups in total. The van der Waals surface area contributed by atoms with E-state index in [-0.39, 0.29) is 0 Å². The molecule has 0 bridgehead atoms. The molecule has 18 heavy (non-hydrogen) atoms. The van der Waals surface area contributed by atoms with Crippen molar-refractivity contribution in [3.05, 3.63) is 57.2 Å². The van der Waals surface area contributed by atoms with E-state index in [9.17, 15) is 0 Å². The second-order valence-corrected chi connectivity index (χ2v) is 4.91. The number of anilines is 1. The van der Waals surface area contributed by atoms with Crippen molar-refractivity contribution in [2.75, 3.05) is 5.32 Å². The van der Waals surface area contributed by atoms with E-state index in [1.807, 2.05) is 30.3 Å². The summed E-state index contributed by atoms with van der Waals surface area (Å²) in [4.78, 5) is 4.12. The van der Waals surface area contributed by atoms with Crippen LogP contribution in [0.4, 0.5) is 5.82 Å². The first kappa shape index (κ1) is 12.9. The monoisotopic (exact) mass is 321 g/mol. The number of hydrogen-bond donors (Lipinski definition) is 1. The lowest BCUT2D eigenvalue weighted by Gasteiger charge is -2.08. The molecule has 0 unspecified atom stereocenters. The van der Waals surface area contributed by atoms with Gasteiger partial charge in [-0.25, -0.2) is 4.98 Å². The highest BCUT2D eigenvalue weighted by molar-refractivity contribution is 9.10. The first-order valence-electron chi connectivity index (χ1n) is 5.23. The van der Waals surface area contributed by atoms with Gasteiger partial charge in [-0.3, -0.25) is 0 Å². The van der Waals surface area contributed by atoms with Gasteiger partial charge < -0.3 is 5.32 Å². The maximum Gasteiger partial charge on any atom is 0.146 e. The predicted molar refractivity (Wildman–Crippen MR) is 75.4 cm³/mol. The molecule has 0 aliphatic rings. The second-order valence-electron chi connectivity index (χ2n) is 3.61. The number of hydrogen-bond acceptors (Lipinski definition) is 3. The fourth-order valence-electron chi connectivity index (χ4n) is 1.44. The summed E-state index contributed by atoms with van der Waals surface area (Å²) in [5, 5.41) is 12.3. The fraction of sp³-hybridized carbons (Fsp3) is 0.0769. The Morgan fingerprint density at radius 1 is 1.28 bits per heavy atom. The zero-order chi connectivity index (χ0) is 13.0. The Bertz CT molecular complexity index is 590. The lowest BCUT2D eigenvalue weighted by Crippen LogP contribution is -2.02. The number of nitrogens with zero attached hydrogens (tertiary/aromatic N) is 2. The zero-order valence-electron chi connectivity index (χ0n) is 9.32. The third-order valence-corrected chi connectivity index (χ3v) is 3.29. The van der Waals surface area contributed by atoms with Gasteiger partial charge in [0.2, 0.25) is 0 Å². The lowest BCUT2D eigenvalue weighted by atomic mass is 10.2. The summed E-state index contributed by atoms with van der Waals surface area (Å²) in [6, 6.07) is 11.6. The Kier molecular flexibility index (Phi) is 4.19. The smallest absolute Gasteiger partial charge is 0.146 e. The molecule has 3 nitrogen and oxygen atoms in total. The van der Waals surface area contributed by atoms with Gasteiger partial charge in [-0.15, -0.1) is 0 Å². The van der Waals surface area contributed by atoms with Gasteiger partial charge >= 0.3 is 0 Å². The molecule has 1 aromatic carbocycles. The largest absolute Gasteiger partial charge is 0.365 e. The summed E-state index contributed by atoms with van der Waals surface area (Å²) in [6.45, 7) is 0.606. The molecule has 0 atom stereocenters. The molecular formula is C13H9BrClN3. The molecule has 0 fully saturated rings. The molecule has 0 radical (unpaired) electrons. The van der Waals surface area contributed by atoms with Crippen LogP contribution in [0.1, 0.15) is 11.1 Å². The summed E-state index contributed by atoms with van der Waals surface area (Å²) >= 11 is 9.43. The lowest BCUT2D eigenvalue weighted by molar-refractivity contribution is 1.11. The quantitative estimate of drug-likeness (QED) is 0.930. The van der Waals surface area contributed by atoms with E-state index >= 15 is 0 Å². The summed E-state index contributed by atoms with van der Waals surface area (Å²) in [7, 11) is 0. The van der Waals surface area contributed by atoms with E-state index in [4.69, 9.17) is 16.9 Å². The van der Waals surface area contributed by atoms with Crippen molar-refractivity contribution in [3.63, 3.8) is 0 Å². The molecule has 1 aromatic heterocycles. The number of halogens is 2. The Balaban J connectivity index is 2.11. The van der Waals surface area contributed by atoms with Crippen molar-refractivity contribution in [2.45, 2.75) is 6.54 Å². The molecule has 90 valence electrons. The zero-order valence-corrected chi connectivity index (χ0v) is 11.7. The Morgan fingerprint density at radius 3 is 2.67 bits per heavy atom. The van der Waals surface area contributed by atoms with Gasteiger partial charge in [0.1, 0.15) is 16.9 Å². The van der Waals surface area contributed by atoms with E-state index < -0.39 is 0 Å². The summed E-state index contributed by atoms with van der Waals surface area (Å²) < 4.78 is 1.04. The highest BCUT2D eigenvalue weighted by atomic mass is 79.9. The van der Waals surface area contributed by atoms with Crippen molar-refractivity contribution in [3.8, 4) is 6.07 Å². The van der Waals surface area contributed by atoms with Crippen molar-refractivity contribution in [2.24, 2.45) is 0 Å². The topological polar surface area (TPSA) is 48.7 Å². The Morgan fingerprint density at radius 2 is 2.00 bits per heavy atom. The van der Waals surface area contributed by atoms with Gasteiger partial charge in [0, 0.05) is 17.2 Å². The fourth-order valence-corrected chi connectivity index (χ4v) is 1.93. The Hall–Kier alpha value is -1.57. The normalized spacial score (nSPS) is 9.83.